The van der Waals surface area contributed by atoms with E-state index in [2.05, 4.69) is 15.6 Å². The average molecular weight is 365 g/mol. The van der Waals surface area contributed by atoms with Gasteiger partial charge in [-0.05, 0) is 37.1 Å². The Morgan fingerprint density at radius 3 is 2.41 bits per heavy atom. The average Bonchev–Trinajstić information content (AvgIpc) is 2.97. The number of aromatic nitrogens is 1. The summed E-state index contributed by atoms with van der Waals surface area (Å²) in [7, 11) is 0. The van der Waals surface area contributed by atoms with Gasteiger partial charge in [0.1, 0.15) is 0 Å². The van der Waals surface area contributed by atoms with Crippen LogP contribution in [0.2, 0.25) is 0 Å². The highest BCUT2D eigenvalue weighted by Crippen LogP contribution is 2.26. The Bertz CT molecular complexity index is 778. The van der Waals surface area contributed by atoms with Crippen molar-refractivity contribution in [2.45, 2.75) is 57.9 Å². The Labute approximate surface area is 160 Å². The van der Waals surface area contributed by atoms with Crippen molar-refractivity contribution in [2.75, 3.05) is 5.32 Å². The SMILES string of the molecule is CCC(=O)Nc1cccnc1-c1ccc(C(=O)NC2CCCCCC2)cc1. The molecule has 2 amide bonds. The minimum absolute atomic E-state index is 0.0195. The highest BCUT2D eigenvalue weighted by atomic mass is 16.2. The largest absolute Gasteiger partial charge is 0.349 e. The first-order valence-corrected chi connectivity index (χ1v) is 9.83. The van der Waals surface area contributed by atoms with Crippen LogP contribution in [0.5, 0.6) is 0 Å². The van der Waals surface area contributed by atoms with Crippen LogP contribution in [-0.4, -0.2) is 22.8 Å². The van der Waals surface area contributed by atoms with Crippen LogP contribution in [0.1, 0.15) is 62.2 Å². The van der Waals surface area contributed by atoms with Crippen LogP contribution in [0.3, 0.4) is 0 Å². The molecule has 1 saturated carbocycles. The van der Waals surface area contributed by atoms with Gasteiger partial charge in [-0.15, -0.1) is 0 Å². The van der Waals surface area contributed by atoms with Crippen molar-refractivity contribution in [3.05, 3.63) is 48.2 Å². The van der Waals surface area contributed by atoms with Gasteiger partial charge in [-0.2, -0.15) is 0 Å². The Morgan fingerprint density at radius 2 is 1.74 bits per heavy atom. The molecule has 1 heterocycles. The molecular weight excluding hydrogens is 338 g/mol. The molecule has 0 aliphatic heterocycles. The molecule has 2 aromatic rings. The van der Waals surface area contributed by atoms with Gasteiger partial charge in [-0.25, -0.2) is 0 Å². The normalized spacial score (nSPS) is 15.0. The third-order valence-electron chi connectivity index (χ3n) is 5.01. The second-order valence-electron chi connectivity index (χ2n) is 7.04. The maximum absolute atomic E-state index is 12.5. The van der Waals surface area contributed by atoms with E-state index >= 15 is 0 Å². The lowest BCUT2D eigenvalue weighted by molar-refractivity contribution is -0.115. The minimum atomic E-state index is -0.0522. The number of nitrogens with one attached hydrogen (secondary N) is 2. The van der Waals surface area contributed by atoms with E-state index in [9.17, 15) is 9.59 Å². The van der Waals surface area contributed by atoms with Crippen LogP contribution in [0.25, 0.3) is 11.3 Å². The standard InChI is InChI=1S/C22H27N3O2/c1-2-20(26)25-19-10-7-15-23-21(19)16-11-13-17(14-12-16)22(27)24-18-8-5-3-4-6-9-18/h7,10-15,18H,2-6,8-9H2,1H3,(H,24,27)(H,25,26). The summed E-state index contributed by atoms with van der Waals surface area (Å²) in [4.78, 5) is 28.7. The van der Waals surface area contributed by atoms with E-state index in [1.165, 1.54) is 25.7 Å². The number of hydrogen-bond donors (Lipinski definition) is 2. The molecule has 1 aliphatic carbocycles. The van der Waals surface area contributed by atoms with Crippen LogP contribution in [-0.2, 0) is 4.79 Å². The first kappa shape index (κ1) is 19.1. The number of benzene rings is 1. The zero-order valence-electron chi connectivity index (χ0n) is 15.8. The molecule has 0 atom stereocenters. The maximum atomic E-state index is 12.5. The summed E-state index contributed by atoms with van der Waals surface area (Å²) >= 11 is 0. The summed E-state index contributed by atoms with van der Waals surface area (Å²) in [6.45, 7) is 1.81. The van der Waals surface area contributed by atoms with Crippen molar-refractivity contribution in [1.82, 2.24) is 10.3 Å². The number of rotatable bonds is 5. The van der Waals surface area contributed by atoms with Crippen LogP contribution >= 0.6 is 0 Å². The smallest absolute Gasteiger partial charge is 0.251 e. The van der Waals surface area contributed by atoms with E-state index in [0.29, 0.717) is 23.4 Å². The number of pyridine rings is 1. The summed E-state index contributed by atoms with van der Waals surface area (Å²) < 4.78 is 0. The first-order chi connectivity index (χ1) is 13.2. The molecule has 0 bridgehead atoms. The number of amides is 2. The third-order valence-corrected chi connectivity index (χ3v) is 5.01. The highest BCUT2D eigenvalue weighted by molar-refractivity contribution is 5.96. The predicted octanol–water partition coefficient (Wildman–Crippen LogP) is 4.55. The van der Waals surface area contributed by atoms with Gasteiger partial charge < -0.3 is 10.6 Å². The summed E-state index contributed by atoms with van der Waals surface area (Å²) in [5, 5.41) is 6.04. The molecule has 0 unspecified atom stereocenters. The lowest BCUT2D eigenvalue weighted by Gasteiger charge is -2.16. The molecule has 1 fully saturated rings. The Hall–Kier alpha value is -2.69. The number of anilines is 1. The Balaban J connectivity index is 1.72. The van der Waals surface area contributed by atoms with Crippen LogP contribution in [0.4, 0.5) is 5.69 Å². The summed E-state index contributed by atoms with van der Waals surface area (Å²) in [6, 6.07) is 11.3. The molecule has 3 rings (SSSR count). The second-order valence-corrected chi connectivity index (χ2v) is 7.04. The van der Waals surface area contributed by atoms with E-state index in [1.54, 1.807) is 12.3 Å². The lowest BCUT2D eigenvalue weighted by atomic mass is 10.1. The molecule has 0 saturated heterocycles. The van der Waals surface area contributed by atoms with Gasteiger partial charge in [-0.1, -0.05) is 44.7 Å². The number of carbonyl (C=O) groups excluding carboxylic acids is 2. The predicted molar refractivity (Wildman–Crippen MR) is 108 cm³/mol. The molecule has 2 N–H and O–H groups in total. The Morgan fingerprint density at radius 1 is 1.04 bits per heavy atom. The summed E-state index contributed by atoms with van der Waals surface area (Å²) in [5.41, 5.74) is 2.90. The molecule has 1 aromatic carbocycles. The van der Waals surface area contributed by atoms with E-state index < -0.39 is 0 Å². The number of nitrogens with zero attached hydrogens (tertiary/aromatic N) is 1. The molecule has 0 radical (unpaired) electrons. The van der Waals surface area contributed by atoms with Crippen molar-refractivity contribution in [3.63, 3.8) is 0 Å². The molecular formula is C22H27N3O2. The van der Waals surface area contributed by atoms with E-state index in [1.807, 2.05) is 37.3 Å². The minimum Gasteiger partial charge on any atom is -0.349 e. The molecule has 27 heavy (non-hydrogen) atoms. The Kier molecular flexibility index (Phi) is 6.58. The molecule has 1 aliphatic rings. The van der Waals surface area contributed by atoms with Gasteiger partial charge in [0.2, 0.25) is 5.91 Å². The second kappa shape index (κ2) is 9.31. The fourth-order valence-corrected chi connectivity index (χ4v) is 3.45. The zero-order chi connectivity index (χ0) is 19.1. The molecule has 1 aromatic heterocycles. The topological polar surface area (TPSA) is 71.1 Å². The fourth-order valence-electron chi connectivity index (χ4n) is 3.45. The maximum Gasteiger partial charge on any atom is 0.251 e. The monoisotopic (exact) mass is 365 g/mol. The quantitative estimate of drug-likeness (QED) is 0.764. The van der Waals surface area contributed by atoms with Gasteiger partial charge in [-0.3, -0.25) is 14.6 Å². The summed E-state index contributed by atoms with van der Waals surface area (Å²) in [6.07, 6.45) is 9.16. The molecule has 5 heteroatoms. The van der Waals surface area contributed by atoms with Gasteiger partial charge in [0.15, 0.2) is 0 Å². The van der Waals surface area contributed by atoms with Gasteiger partial charge in [0.05, 0.1) is 11.4 Å². The zero-order valence-corrected chi connectivity index (χ0v) is 15.8. The van der Waals surface area contributed by atoms with E-state index in [0.717, 1.165) is 18.4 Å². The lowest BCUT2D eigenvalue weighted by Crippen LogP contribution is -2.34. The molecule has 0 spiro atoms. The van der Waals surface area contributed by atoms with Crippen LogP contribution in [0, 0.1) is 0 Å². The molecule has 142 valence electrons. The highest BCUT2D eigenvalue weighted by Gasteiger charge is 2.16. The molecule has 5 nitrogen and oxygen atoms in total. The number of hydrogen-bond acceptors (Lipinski definition) is 3. The van der Waals surface area contributed by atoms with E-state index in [4.69, 9.17) is 0 Å². The van der Waals surface area contributed by atoms with Gasteiger partial charge in [0.25, 0.3) is 5.91 Å². The van der Waals surface area contributed by atoms with Crippen molar-refractivity contribution >= 4 is 17.5 Å². The van der Waals surface area contributed by atoms with Crippen LogP contribution in [0.15, 0.2) is 42.6 Å². The van der Waals surface area contributed by atoms with Crippen molar-refractivity contribution < 1.29 is 9.59 Å². The fraction of sp³-hybridized carbons (Fsp3) is 0.409. The number of carbonyl (C=O) groups is 2. The van der Waals surface area contributed by atoms with Gasteiger partial charge >= 0.3 is 0 Å². The van der Waals surface area contributed by atoms with E-state index in [-0.39, 0.29) is 17.9 Å². The summed E-state index contributed by atoms with van der Waals surface area (Å²) in [5.74, 6) is -0.0716. The van der Waals surface area contributed by atoms with Crippen molar-refractivity contribution in [3.8, 4) is 11.3 Å². The van der Waals surface area contributed by atoms with Crippen molar-refractivity contribution in [1.29, 1.82) is 0 Å². The van der Waals surface area contributed by atoms with Crippen molar-refractivity contribution in [2.24, 2.45) is 0 Å². The third kappa shape index (κ3) is 5.16. The van der Waals surface area contributed by atoms with Gasteiger partial charge in [0, 0.05) is 29.8 Å². The first-order valence-electron chi connectivity index (χ1n) is 9.83. The van der Waals surface area contributed by atoms with Crippen LogP contribution < -0.4 is 10.6 Å².